The van der Waals surface area contributed by atoms with Gasteiger partial charge in [0.15, 0.2) is 5.76 Å². The number of para-hydroxylation sites is 1. The maximum atomic E-state index is 6.41. The molecule has 1 aliphatic carbocycles. The van der Waals surface area contributed by atoms with Gasteiger partial charge in [0, 0.05) is 59.0 Å². The number of thiophene rings is 1. The van der Waals surface area contributed by atoms with Crippen LogP contribution in [0.25, 0.3) is 65.0 Å². The van der Waals surface area contributed by atoms with E-state index in [-0.39, 0.29) is 0 Å². The number of rotatable bonds is 4. The quantitative estimate of drug-likeness (QED) is 0.221. The molecule has 0 unspecified atom stereocenters. The molecule has 0 amide bonds. The topological polar surface area (TPSA) is 29.3 Å². The fourth-order valence-electron chi connectivity index (χ4n) is 6.22. The molecule has 0 aliphatic heterocycles. The standard InChI is InChI=1S/C37H22N2OS/c1-3-10-23(11-4-1)37-38-35-29-16-9-15-28-31(21-20-30(34(28)29)36(35)40-37)39(24-12-5-2-6-13-24)25-18-19-27-26-14-7-8-17-32(26)41-33(27)22-25/h1-22H. The zero-order valence-corrected chi connectivity index (χ0v) is 22.7. The zero-order chi connectivity index (χ0) is 26.9. The van der Waals surface area contributed by atoms with Gasteiger partial charge in [-0.15, -0.1) is 11.3 Å². The first-order valence-electron chi connectivity index (χ1n) is 13.7. The van der Waals surface area contributed by atoms with Gasteiger partial charge in [0.05, 0.1) is 5.69 Å². The molecule has 2 aromatic heterocycles. The van der Waals surface area contributed by atoms with Crippen molar-refractivity contribution < 1.29 is 4.42 Å². The Morgan fingerprint density at radius 1 is 0.561 bits per heavy atom. The number of fused-ring (bicyclic) bond motifs is 6. The largest absolute Gasteiger partial charge is 0.435 e. The SMILES string of the molecule is c1ccc(-c2nc3c(o2)-c2ccc(N(c4ccccc4)c4ccc5c(c4)sc4ccccc45)c4cccc-3c24)cc1. The second kappa shape index (κ2) is 8.65. The van der Waals surface area contributed by atoms with E-state index >= 15 is 0 Å². The molecule has 0 spiro atoms. The maximum Gasteiger partial charge on any atom is 0.227 e. The molecule has 6 aromatic carbocycles. The highest BCUT2D eigenvalue weighted by molar-refractivity contribution is 7.25. The fourth-order valence-corrected chi connectivity index (χ4v) is 7.36. The van der Waals surface area contributed by atoms with Gasteiger partial charge >= 0.3 is 0 Å². The molecule has 0 saturated carbocycles. The number of nitrogens with zero attached hydrogens (tertiary/aromatic N) is 2. The van der Waals surface area contributed by atoms with Gasteiger partial charge in [-0.3, -0.25) is 0 Å². The number of benzene rings is 6. The van der Waals surface area contributed by atoms with E-state index in [0.29, 0.717) is 5.89 Å². The van der Waals surface area contributed by atoms with Crippen molar-refractivity contribution in [1.29, 1.82) is 0 Å². The summed E-state index contributed by atoms with van der Waals surface area (Å²) in [6.07, 6.45) is 0. The molecule has 0 saturated heterocycles. The highest BCUT2D eigenvalue weighted by Crippen LogP contribution is 2.52. The van der Waals surface area contributed by atoms with E-state index in [9.17, 15) is 0 Å². The first-order chi connectivity index (χ1) is 20.3. The maximum absolute atomic E-state index is 6.41. The third-order valence-corrected chi connectivity index (χ3v) is 9.17. The Balaban J connectivity index is 1.25. The van der Waals surface area contributed by atoms with Crippen LogP contribution < -0.4 is 4.90 Å². The summed E-state index contributed by atoms with van der Waals surface area (Å²) < 4.78 is 9.01. The van der Waals surface area contributed by atoms with Crippen LogP contribution in [0, 0.1) is 0 Å². The third-order valence-electron chi connectivity index (χ3n) is 8.04. The molecule has 8 aromatic rings. The van der Waals surface area contributed by atoms with Gasteiger partial charge in [-0.25, -0.2) is 4.98 Å². The number of anilines is 3. The zero-order valence-electron chi connectivity index (χ0n) is 21.9. The minimum Gasteiger partial charge on any atom is -0.435 e. The third kappa shape index (κ3) is 3.35. The van der Waals surface area contributed by atoms with Gasteiger partial charge in [0.2, 0.25) is 5.89 Å². The molecule has 41 heavy (non-hydrogen) atoms. The molecule has 3 nitrogen and oxygen atoms in total. The minimum absolute atomic E-state index is 0.657. The first-order valence-corrected chi connectivity index (χ1v) is 14.5. The number of oxazole rings is 1. The Kier molecular flexibility index (Phi) is 4.77. The number of aromatic nitrogens is 1. The van der Waals surface area contributed by atoms with Crippen molar-refractivity contribution in [1.82, 2.24) is 4.98 Å². The van der Waals surface area contributed by atoms with Crippen LogP contribution in [0.15, 0.2) is 138 Å². The fraction of sp³-hybridized carbons (Fsp3) is 0. The van der Waals surface area contributed by atoms with Crippen LogP contribution in [0.4, 0.5) is 17.1 Å². The lowest BCUT2D eigenvalue weighted by Gasteiger charge is -2.27. The normalized spacial score (nSPS) is 11.9. The van der Waals surface area contributed by atoms with Gasteiger partial charge < -0.3 is 9.32 Å². The van der Waals surface area contributed by atoms with Crippen molar-refractivity contribution in [2.45, 2.75) is 0 Å². The average Bonchev–Trinajstić information content (AvgIpc) is 3.71. The van der Waals surface area contributed by atoms with Gasteiger partial charge in [-0.1, -0.05) is 78.9 Å². The molecule has 0 atom stereocenters. The van der Waals surface area contributed by atoms with Crippen LogP contribution in [0.3, 0.4) is 0 Å². The smallest absolute Gasteiger partial charge is 0.227 e. The van der Waals surface area contributed by atoms with Crippen molar-refractivity contribution in [3.8, 4) is 34.0 Å². The lowest BCUT2D eigenvalue weighted by atomic mass is 10.0. The van der Waals surface area contributed by atoms with Crippen molar-refractivity contribution in [2.75, 3.05) is 4.90 Å². The van der Waals surface area contributed by atoms with Crippen LogP contribution in [-0.2, 0) is 0 Å². The van der Waals surface area contributed by atoms with Crippen LogP contribution in [0.2, 0.25) is 0 Å². The van der Waals surface area contributed by atoms with E-state index in [0.717, 1.165) is 45.2 Å². The van der Waals surface area contributed by atoms with E-state index in [2.05, 4.69) is 108 Å². The Hall–Kier alpha value is -5.19. The second-order valence-corrected chi connectivity index (χ2v) is 11.5. The first kappa shape index (κ1) is 22.6. The van der Waals surface area contributed by atoms with E-state index in [1.807, 2.05) is 41.7 Å². The molecule has 0 bridgehead atoms. The lowest BCUT2D eigenvalue weighted by molar-refractivity contribution is 0.590. The lowest BCUT2D eigenvalue weighted by Crippen LogP contribution is -2.10. The summed E-state index contributed by atoms with van der Waals surface area (Å²) in [5.41, 5.74) is 7.50. The molecule has 0 fully saturated rings. The summed E-state index contributed by atoms with van der Waals surface area (Å²) >= 11 is 1.85. The molecule has 1 aliphatic rings. The number of hydrogen-bond donors (Lipinski definition) is 0. The van der Waals surface area contributed by atoms with E-state index in [4.69, 9.17) is 9.40 Å². The minimum atomic E-state index is 0.657. The summed E-state index contributed by atoms with van der Waals surface area (Å²) in [5.74, 6) is 1.50. The Morgan fingerprint density at radius 2 is 1.32 bits per heavy atom. The van der Waals surface area contributed by atoms with Gasteiger partial charge in [0.25, 0.3) is 0 Å². The summed E-state index contributed by atoms with van der Waals surface area (Å²) in [6, 6.07) is 47.2. The van der Waals surface area contributed by atoms with Gasteiger partial charge in [-0.05, 0) is 54.6 Å². The summed E-state index contributed by atoms with van der Waals surface area (Å²) in [4.78, 5) is 7.34. The average molecular weight is 543 g/mol. The molecular formula is C37H22N2OS. The summed E-state index contributed by atoms with van der Waals surface area (Å²) in [7, 11) is 0. The monoisotopic (exact) mass is 542 g/mol. The summed E-state index contributed by atoms with van der Waals surface area (Å²) in [6.45, 7) is 0. The Labute approximate surface area is 240 Å². The van der Waals surface area contributed by atoms with E-state index in [1.165, 1.54) is 30.9 Å². The Bertz CT molecular complexity index is 2240. The van der Waals surface area contributed by atoms with E-state index < -0.39 is 0 Å². The van der Waals surface area contributed by atoms with Crippen LogP contribution in [-0.4, -0.2) is 4.98 Å². The van der Waals surface area contributed by atoms with Crippen LogP contribution in [0.5, 0.6) is 0 Å². The van der Waals surface area contributed by atoms with Crippen LogP contribution in [0.1, 0.15) is 0 Å². The molecule has 2 heterocycles. The van der Waals surface area contributed by atoms with Crippen LogP contribution >= 0.6 is 11.3 Å². The van der Waals surface area contributed by atoms with Gasteiger partial charge in [0.1, 0.15) is 5.69 Å². The van der Waals surface area contributed by atoms with Crippen molar-refractivity contribution in [2.24, 2.45) is 0 Å². The summed E-state index contributed by atoms with van der Waals surface area (Å²) in [5, 5.41) is 4.98. The molecule has 192 valence electrons. The predicted octanol–water partition coefficient (Wildman–Crippen LogP) is 11.0. The van der Waals surface area contributed by atoms with E-state index in [1.54, 1.807) is 0 Å². The molecular weight excluding hydrogens is 520 g/mol. The van der Waals surface area contributed by atoms with Gasteiger partial charge in [-0.2, -0.15) is 0 Å². The van der Waals surface area contributed by atoms with Crippen molar-refractivity contribution in [3.05, 3.63) is 133 Å². The highest BCUT2D eigenvalue weighted by Gasteiger charge is 2.30. The second-order valence-electron chi connectivity index (χ2n) is 10.4. The molecule has 0 radical (unpaired) electrons. The van der Waals surface area contributed by atoms with Crippen molar-refractivity contribution in [3.63, 3.8) is 0 Å². The molecule has 9 rings (SSSR count). The molecule has 4 heteroatoms. The number of hydrogen-bond acceptors (Lipinski definition) is 4. The van der Waals surface area contributed by atoms with Crippen molar-refractivity contribution >= 4 is 59.3 Å². The molecule has 0 N–H and O–H groups in total. The Morgan fingerprint density at radius 3 is 2.20 bits per heavy atom. The predicted molar refractivity (Wildman–Crippen MR) is 171 cm³/mol. The highest BCUT2D eigenvalue weighted by atomic mass is 32.1.